The van der Waals surface area contributed by atoms with Gasteiger partial charge in [0.25, 0.3) is 0 Å². The van der Waals surface area contributed by atoms with Crippen LogP contribution in [0.1, 0.15) is 11.1 Å². The quantitative estimate of drug-likeness (QED) is 0.619. The third kappa shape index (κ3) is 5.92. The second-order valence-corrected chi connectivity index (χ2v) is 3.81. The molecule has 0 unspecified atom stereocenters. The minimum absolute atomic E-state index is 0. The van der Waals surface area contributed by atoms with E-state index in [1.807, 2.05) is 24.4 Å². The Bertz CT molecular complexity index is 449. The van der Waals surface area contributed by atoms with E-state index in [0.29, 0.717) is 0 Å². The summed E-state index contributed by atoms with van der Waals surface area (Å²) in [6.45, 7) is 1.68. The molecule has 1 heterocycles. The van der Waals surface area contributed by atoms with Crippen molar-refractivity contribution < 1.29 is 29.6 Å². The molecule has 2 aromatic rings. The molecule has 0 saturated heterocycles. The lowest BCUT2D eigenvalue weighted by Gasteiger charge is -2.05. The summed E-state index contributed by atoms with van der Waals surface area (Å²) < 4.78 is 5.11. The fourth-order valence-corrected chi connectivity index (χ4v) is 1.60. The molecule has 3 nitrogen and oxygen atoms in total. The highest BCUT2D eigenvalue weighted by molar-refractivity contribution is 5.27. The SMILES string of the molecule is COc1ccc(CNCc2cccnc2)cc1.[Cl-].[Cl-]. The second-order valence-electron chi connectivity index (χ2n) is 3.81. The van der Waals surface area contributed by atoms with Crippen LogP contribution in [-0.2, 0) is 13.1 Å². The summed E-state index contributed by atoms with van der Waals surface area (Å²) in [7, 11) is 1.68. The van der Waals surface area contributed by atoms with Gasteiger partial charge in [-0.2, -0.15) is 0 Å². The van der Waals surface area contributed by atoms with E-state index < -0.39 is 0 Å². The number of hydrogen-bond donors (Lipinski definition) is 1. The molecule has 1 aromatic carbocycles. The molecule has 0 amide bonds. The summed E-state index contributed by atoms with van der Waals surface area (Å²) in [5.74, 6) is 0.890. The molecule has 0 spiro atoms. The maximum absolute atomic E-state index is 5.11. The Kier molecular flexibility index (Phi) is 8.96. The molecule has 0 saturated carbocycles. The highest BCUT2D eigenvalue weighted by Crippen LogP contribution is 2.11. The van der Waals surface area contributed by atoms with Crippen molar-refractivity contribution in [2.45, 2.75) is 13.1 Å². The van der Waals surface area contributed by atoms with Crippen molar-refractivity contribution in [3.05, 3.63) is 59.9 Å². The van der Waals surface area contributed by atoms with Gasteiger partial charge in [0.15, 0.2) is 0 Å². The standard InChI is InChI=1S/C14H16N2O.2ClH/c1-17-14-6-4-12(5-7-14)9-16-11-13-3-2-8-15-10-13;;/h2-8,10,16H,9,11H2,1H3;2*1H/p-2. The molecule has 0 bridgehead atoms. The maximum atomic E-state index is 5.11. The molecule has 1 N–H and O–H groups in total. The number of rotatable bonds is 5. The van der Waals surface area contributed by atoms with Crippen molar-refractivity contribution in [2.75, 3.05) is 7.11 Å². The van der Waals surface area contributed by atoms with Gasteiger partial charge in [-0.15, -0.1) is 0 Å². The molecule has 0 aliphatic carbocycles. The Labute approximate surface area is 126 Å². The Balaban J connectivity index is 0.00000162. The van der Waals surface area contributed by atoms with Gasteiger partial charge in [0.05, 0.1) is 7.11 Å². The zero-order valence-electron chi connectivity index (χ0n) is 10.6. The molecule has 1 aromatic heterocycles. The molecular formula is C14H16Cl2N2O-2. The summed E-state index contributed by atoms with van der Waals surface area (Å²) in [6.07, 6.45) is 3.66. The topological polar surface area (TPSA) is 34.1 Å². The lowest BCUT2D eigenvalue weighted by molar-refractivity contribution is -0.001000. The number of methoxy groups -OCH3 is 1. The molecule has 5 heteroatoms. The third-order valence-electron chi connectivity index (χ3n) is 2.54. The number of aromatic nitrogens is 1. The molecule has 19 heavy (non-hydrogen) atoms. The van der Waals surface area contributed by atoms with Crippen LogP contribution in [0.15, 0.2) is 48.8 Å². The minimum atomic E-state index is 0. The van der Waals surface area contributed by atoms with E-state index in [1.54, 1.807) is 13.3 Å². The van der Waals surface area contributed by atoms with E-state index in [-0.39, 0.29) is 24.8 Å². The van der Waals surface area contributed by atoms with Gasteiger partial charge >= 0.3 is 0 Å². The molecule has 2 rings (SSSR count). The first-order valence-electron chi connectivity index (χ1n) is 5.61. The van der Waals surface area contributed by atoms with Crippen LogP contribution in [-0.4, -0.2) is 12.1 Å². The number of hydrogen-bond acceptors (Lipinski definition) is 3. The maximum Gasteiger partial charge on any atom is 0.118 e. The lowest BCUT2D eigenvalue weighted by atomic mass is 10.2. The minimum Gasteiger partial charge on any atom is -1.00 e. The van der Waals surface area contributed by atoms with Gasteiger partial charge in [-0.1, -0.05) is 18.2 Å². The number of halogens is 2. The smallest absolute Gasteiger partial charge is 0.118 e. The molecule has 0 atom stereocenters. The largest absolute Gasteiger partial charge is 1.00 e. The number of pyridine rings is 1. The zero-order valence-corrected chi connectivity index (χ0v) is 12.2. The summed E-state index contributed by atoms with van der Waals surface area (Å²) in [6, 6.07) is 12.1. The van der Waals surface area contributed by atoms with Crippen LogP contribution in [0.4, 0.5) is 0 Å². The average Bonchev–Trinajstić information content (AvgIpc) is 2.41. The Morgan fingerprint density at radius 3 is 2.26 bits per heavy atom. The number of nitrogens with zero attached hydrogens (tertiary/aromatic N) is 1. The van der Waals surface area contributed by atoms with E-state index in [2.05, 4.69) is 28.5 Å². The van der Waals surface area contributed by atoms with Gasteiger partial charge in [-0.3, -0.25) is 4.98 Å². The first kappa shape index (κ1) is 17.7. The Morgan fingerprint density at radius 2 is 1.68 bits per heavy atom. The zero-order chi connectivity index (χ0) is 11.9. The average molecular weight is 299 g/mol. The molecular weight excluding hydrogens is 283 g/mol. The van der Waals surface area contributed by atoms with E-state index in [4.69, 9.17) is 4.74 Å². The van der Waals surface area contributed by atoms with Crippen molar-refractivity contribution >= 4 is 0 Å². The fourth-order valence-electron chi connectivity index (χ4n) is 1.60. The van der Waals surface area contributed by atoms with Crippen molar-refractivity contribution in [3.8, 4) is 5.75 Å². The van der Waals surface area contributed by atoms with Gasteiger partial charge < -0.3 is 34.9 Å². The Hall–Kier alpha value is -1.29. The van der Waals surface area contributed by atoms with Crippen molar-refractivity contribution in [3.63, 3.8) is 0 Å². The Morgan fingerprint density at radius 1 is 1.00 bits per heavy atom. The summed E-state index contributed by atoms with van der Waals surface area (Å²) in [4.78, 5) is 4.08. The molecule has 0 aliphatic heterocycles. The first-order chi connectivity index (χ1) is 8.38. The van der Waals surface area contributed by atoms with Gasteiger partial charge in [-0.05, 0) is 29.3 Å². The molecule has 0 fully saturated rings. The van der Waals surface area contributed by atoms with Crippen molar-refractivity contribution in [1.29, 1.82) is 0 Å². The lowest BCUT2D eigenvalue weighted by Crippen LogP contribution is -3.00. The summed E-state index contributed by atoms with van der Waals surface area (Å²) >= 11 is 0. The predicted octanol–water partition coefficient (Wildman–Crippen LogP) is -3.61. The van der Waals surface area contributed by atoms with Gasteiger partial charge in [-0.25, -0.2) is 0 Å². The van der Waals surface area contributed by atoms with Gasteiger partial charge in [0.2, 0.25) is 0 Å². The van der Waals surface area contributed by atoms with Crippen LogP contribution in [0.3, 0.4) is 0 Å². The second kappa shape index (κ2) is 9.62. The first-order valence-corrected chi connectivity index (χ1v) is 5.61. The highest BCUT2D eigenvalue weighted by Gasteiger charge is 1.95. The fraction of sp³-hybridized carbons (Fsp3) is 0.214. The van der Waals surface area contributed by atoms with E-state index in [1.165, 1.54) is 11.1 Å². The number of ether oxygens (including phenoxy) is 1. The van der Waals surface area contributed by atoms with Gasteiger partial charge in [0.1, 0.15) is 5.75 Å². The van der Waals surface area contributed by atoms with Crippen LogP contribution < -0.4 is 34.9 Å². The van der Waals surface area contributed by atoms with E-state index in [0.717, 1.165) is 18.8 Å². The van der Waals surface area contributed by atoms with Gasteiger partial charge in [0, 0.05) is 25.5 Å². The third-order valence-corrected chi connectivity index (χ3v) is 2.54. The van der Waals surface area contributed by atoms with Crippen LogP contribution in [0.25, 0.3) is 0 Å². The van der Waals surface area contributed by atoms with Crippen molar-refractivity contribution in [2.24, 2.45) is 0 Å². The van der Waals surface area contributed by atoms with Crippen LogP contribution in [0, 0.1) is 0 Å². The van der Waals surface area contributed by atoms with E-state index in [9.17, 15) is 0 Å². The number of nitrogens with one attached hydrogen (secondary N) is 1. The van der Waals surface area contributed by atoms with E-state index >= 15 is 0 Å². The predicted molar refractivity (Wildman–Crippen MR) is 67.8 cm³/mol. The van der Waals surface area contributed by atoms with Crippen LogP contribution in [0.2, 0.25) is 0 Å². The molecule has 0 aliphatic rings. The summed E-state index contributed by atoms with van der Waals surface area (Å²) in [5.41, 5.74) is 2.44. The monoisotopic (exact) mass is 298 g/mol. The normalized spacial score (nSPS) is 9.11. The van der Waals surface area contributed by atoms with Crippen molar-refractivity contribution in [1.82, 2.24) is 10.3 Å². The number of benzene rings is 1. The van der Waals surface area contributed by atoms with Crippen LogP contribution in [0.5, 0.6) is 5.75 Å². The van der Waals surface area contributed by atoms with Crippen LogP contribution >= 0.6 is 0 Å². The highest BCUT2D eigenvalue weighted by atomic mass is 35.5. The molecule has 0 radical (unpaired) electrons. The summed E-state index contributed by atoms with van der Waals surface area (Å²) in [5, 5.41) is 3.37. The molecule has 104 valence electrons.